The first-order valence-electron chi connectivity index (χ1n) is 7.42. The highest BCUT2D eigenvalue weighted by atomic mass is 16.5. The van der Waals surface area contributed by atoms with Gasteiger partial charge in [-0.25, -0.2) is 0 Å². The van der Waals surface area contributed by atoms with Gasteiger partial charge in [0, 0.05) is 32.4 Å². The highest BCUT2D eigenvalue weighted by molar-refractivity contribution is 5.34. The fourth-order valence-electron chi connectivity index (χ4n) is 3.05. The first kappa shape index (κ1) is 15.1. The van der Waals surface area contributed by atoms with Crippen LogP contribution in [0.1, 0.15) is 37.2 Å². The molecule has 1 aliphatic rings. The lowest BCUT2D eigenvalue weighted by atomic mass is 9.93. The predicted molar refractivity (Wildman–Crippen MR) is 79.3 cm³/mol. The topological polar surface area (TPSA) is 50.0 Å². The number of nitrogens with zero attached hydrogens (tertiary/aromatic N) is 2. The normalized spacial score (nSPS) is 22.4. The van der Waals surface area contributed by atoms with Gasteiger partial charge in [0.1, 0.15) is 11.8 Å². The molecule has 4 nitrogen and oxygen atoms in total. The third-order valence-corrected chi connectivity index (χ3v) is 4.40. The molecule has 2 rings (SSSR count). The van der Waals surface area contributed by atoms with Crippen LogP contribution in [0.25, 0.3) is 0 Å². The van der Waals surface area contributed by atoms with Crippen molar-refractivity contribution >= 4 is 0 Å². The van der Waals surface area contributed by atoms with Crippen molar-refractivity contribution in [2.45, 2.75) is 39.8 Å². The number of hydrogen-bond acceptors (Lipinski definition) is 3. The van der Waals surface area contributed by atoms with Gasteiger partial charge in [-0.3, -0.25) is 0 Å². The summed E-state index contributed by atoms with van der Waals surface area (Å²) in [5.41, 5.74) is 3.10. The Morgan fingerprint density at radius 1 is 1.55 bits per heavy atom. The van der Waals surface area contributed by atoms with E-state index in [4.69, 9.17) is 10.00 Å². The molecule has 0 amide bonds. The summed E-state index contributed by atoms with van der Waals surface area (Å²) in [6.45, 7) is 9.21. The molecule has 1 aromatic rings. The van der Waals surface area contributed by atoms with Gasteiger partial charge >= 0.3 is 0 Å². The van der Waals surface area contributed by atoms with E-state index >= 15 is 0 Å². The Kier molecular flexibility index (Phi) is 4.85. The molecule has 0 unspecified atom stereocenters. The van der Waals surface area contributed by atoms with Gasteiger partial charge in [0.25, 0.3) is 0 Å². The van der Waals surface area contributed by atoms with E-state index in [0.29, 0.717) is 17.9 Å². The molecule has 2 atom stereocenters. The predicted octanol–water partition coefficient (Wildman–Crippen LogP) is 2.36. The smallest absolute Gasteiger partial charge is 0.120 e. The molecule has 4 heteroatoms. The maximum absolute atomic E-state index is 9.04. The minimum absolute atomic E-state index is 0.383. The summed E-state index contributed by atoms with van der Waals surface area (Å²) < 4.78 is 7.76. The van der Waals surface area contributed by atoms with Crippen molar-refractivity contribution in [2.75, 3.05) is 13.2 Å². The van der Waals surface area contributed by atoms with E-state index in [1.54, 1.807) is 0 Å². The van der Waals surface area contributed by atoms with Crippen molar-refractivity contribution in [2.24, 2.45) is 18.9 Å². The Balaban J connectivity index is 1.89. The van der Waals surface area contributed by atoms with E-state index in [2.05, 4.69) is 32.2 Å². The van der Waals surface area contributed by atoms with E-state index in [0.717, 1.165) is 37.5 Å². The first-order valence-corrected chi connectivity index (χ1v) is 7.42. The standard InChI is InChI=1S/C16H25N3O/c1-11(2)16-13(5-6-20-16)9-18-10-14-7-15(8-17)19(4)12(14)3/h7,11,13,16,18H,5-6,9-10H2,1-4H3/t13-,16-/m1/s1. The van der Waals surface area contributed by atoms with Crippen LogP contribution >= 0.6 is 0 Å². The fraction of sp³-hybridized carbons (Fsp3) is 0.688. The van der Waals surface area contributed by atoms with Gasteiger partial charge in [-0.05, 0) is 36.8 Å². The average molecular weight is 275 g/mol. The fourth-order valence-corrected chi connectivity index (χ4v) is 3.05. The molecule has 0 aromatic carbocycles. The second-order valence-electron chi connectivity index (χ2n) is 6.07. The monoisotopic (exact) mass is 275 g/mol. The molecule has 1 aromatic heterocycles. The van der Waals surface area contributed by atoms with E-state index in [1.807, 2.05) is 17.7 Å². The molecule has 0 bridgehead atoms. The number of nitrogens with one attached hydrogen (secondary N) is 1. The summed E-state index contributed by atoms with van der Waals surface area (Å²) in [6.07, 6.45) is 1.53. The van der Waals surface area contributed by atoms with Crippen LogP contribution < -0.4 is 5.32 Å². The molecule has 0 aliphatic carbocycles. The van der Waals surface area contributed by atoms with Crippen molar-refractivity contribution in [1.29, 1.82) is 5.26 Å². The summed E-state index contributed by atoms with van der Waals surface area (Å²) in [5.74, 6) is 1.18. The third kappa shape index (κ3) is 3.05. The molecule has 1 N–H and O–H groups in total. The number of hydrogen-bond donors (Lipinski definition) is 1. The molecule has 0 saturated carbocycles. The second-order valence-corrected chi connectivity index (χ2v) is 6.07. The zero-order valence-corrected chi connectivity index (χ0v) is 12.9. The molecular weight excluding hydrogens is 250 g/mol. The Labute approximate surface area is 121 Å². The minimum atomic E-state index is 0.383. The quantitative estimate of drug-likeness (QED) is 0.897. The van der Waals surface area contributed by atoms with Crippen LogP contribution in [-0.2, 0) is 18.3 Å². The second kappa shape index (κ2) is 6.43. The van der Waals surface area contributed by atoms with Gasteiger partial charge in [0.15, 0.2) is 0 Å². The average Bonchev–Trinajstić information content (AvgIpc) is 2.98. The number of ether oxygens (including phenoxy) is 1. The van der Waals surface area contributed by atoms with Crippen LogP contribution in [0.5, 0.6) is 0 Å². The highest BCUT2D eigenvalue weighted by Crippen LogP contribution is 2.26. The van der Waals surface area contributed by atoms with Crippen molar-refractivity contribution in [1.82, 2.24) is 9.88 Å². The lowest BCUT2D eigenvalue weighted by Gasteiger charge is -2.22. The summed E-state index contributed by atoms with van der Waals surface area (Å²) in [7, 11) is 1.94. The van der Waals surface area contributed by atoms with Gasteiger partial charge in [-0.1, -0.05) is 13.8 Å². The van der Waals surface area contributed by atoms with Crippen LogP contribution in [0.15, 0.2) is 6.07 Å². The number of rotatable bonds is 5. The molecule has 0 radical (unpaired) electrons. The van der Waals surface area contributed by atoms with Crippen molar-refractivity contribution in [3.05, 3.63) is 23.0 Å². The molecule has 1 saturated heterocycles. The molecule has 110 valence electrons. The Morgan fingerprint density at radius 3 is 2.90 bits per heavy atom. The molecular formula is C16H25N3O. The summed E-state index contributed by atoms with van der Waals surface area (Å²) in [5, 5.41) is 12.6. The highest BCUT2D eigenvalue weighted by Gasteiger charge is 2.30. The largest absolute Gasteiger partial charge is 0.378 e. The van der Waals surface area contributed by atoms with E-state index in [-0.39, 0.29) is 0 Å². The van der Waals surface area contributed by atoms with Gasteiger partial charge in [0.05, 0.1) is 6.10 Å². The zero-order chi connectivity index (χ0) is 14.7. The van der Waals surface area contributed by atoms with Crippen LogP contribution in [0.4, 0.5) is 0 Å². The summed E-state index contributed by atoms with van der Waals surface area (Å²) >= 11 is 0. The van der Waals surface area contributed by atoms with Crippen LogP contribution in [-0.4, -0.2) is 23.8 Å². The van der Waals surface area contributed by atoms with Crippen LogP contribution in [0, 0.1) is 30.1 Å². The first-order chi connectivity index (χ1) is 9.54. The van der Waals surface area contributed by atoms with Gasteiger partial charge < -0.3 is 14.6 Å². The Bertz CT molecular complexity index is 499. The van der Waals surface area contributed by atoms with Gasteiger partial charge in [0.2, 0.25) is 0 Å². The van der Waals surface area contributed by atoms with Gasteiger partial charge in [-0.2, -0.15) is 5.26 Å². The van der Waals surface area contributed by atoms with E-state index in [1.165, 1.54) is 5.56 Å². The molecule has 0 spiro atoms. The van der Waals surface area contributed by atoms with Gasteiger partial charge in [-0.15, -0.1) is 0 Å². The Morgan fingerprint density at radius 2 is 2.30 bits per heavy atom. The molecule has 20 heavy (non-hydrogen) atoms. The summed E-state index contributed by atoms with van der Waals surface area (Å²) in [6, 6.07) is 4.20. The maximum atomic E-state index is 9.04. The molecule has 2 heterocycles. The molecule has 1 fully saturated rings. The van der Waals surface area contributed by atoms with E-state index < -0.39 is 0 Å². The Hall–Kier alpha value is -1.31. The lowest BCUT2D eigenvalue weighted by molar-refractivity contribution is 0.0539. The van der Waals surface area contributed by atoms with Crippen molar-refractivity contribution in [3.63, 3.8) is 0 Å². The van der Waals surface area contributed by atoms with Crippen molar-refractivity contribution < 1.29 is 4.74 Å². The zero-order valence-electron chi connectivity index (χ0n) is 12.9. The number of aromatic nitrogens is 1. The minimum Gasteiger partial charge on any atom is -0.378 e. The maximum Gasteiger partial charge on any atom is 0.120 e. The summed E-state index contributed by atoms with van der Waals surface area (Å²) in [4.78, 5) is 0. The number of nitriles is 1. The SMILES string of the molecule is Cc1c(CNC[C@H]2CCO[C@@H]2C(C)C)cc(C#N)n1C. The lowest BCUT2D eigenvalue weighted by Crippen LogP contribution is -2.31. The van der Waals surface area contributed by atoms with Crippen LogP contribution in [0.2, 0.25) is 0 Å². The molecule has 1 aliphatic heterocycles. The van der Waals surface area contributed by atoms with E-state index in [9.17, 15) is 0 Å². The third-order valence-electron chi connectivity index (χ3n) is 4.40. The van der Waals surface area contributed by atoms with Crippen molar-refractivity contribution in [3.8, 4) is 6.07 Å². The van der Waals surface area contributed by atoms with Crippen LogP contribution in [0.3, 0.4) is 0 Å².